The molecule has 16 heavy (non-hydrogen) atoms. The zero-order valence-corrected chi connectivity index (χ0v) is 10.9. The van der Waals surface area contributed by atoms with Gasteiger partial charge in [0.15, 0.2) is 0 Å². The highest BCUT2D eigenvalue weighted by Gasteiger charge is 2.37. The third kappa shape index (κ3) is 2.27. The van der Waals surface area contributed by atoms with Crippen LogP contribution in [-0.2, 0) is 0 Å². The second-order valence-electron chi connectivity index (χ2n) is 5.55. The summed E-state index contributed by atoms with van der Waals surface area (Å²) >= 11 is 0. The van der Waals surface area contributed by atoms with Gasteiger partial charge >= 0.3 is 0 Å². The average Bonchev–Trinajstić information content (AvgIpc) is 2.72. The van der Waals surface area contributed by atoms with E-state index in [9.17, 15) is 5.11 Å². The van der Waals surface area contributed by atoms with Gasteiger partial charge in [0, 0.05) is 31.2 Å². The van der Waals surface area contributed by atoms with Crippen molar-refractivity contribution < 1.29 is 5.11 Å². The van der Waals surface area contributed by atoms with Crippen LogP contribution >= 0.6 is 0 Å². The molecule has 0 aromatic carbocycles. The first-order chi connectivity index (χ1) is 7.63. The van der Waals surface area contributed by atoms with E-state index in [0.717, 1.165) is 19.0 Å². The summed E-state index contributed by atoms with van der Waals surface area (Å²) in [6.07, 6.45) is 3.39. The lowest BCUT2D eigenvalue weighted by Gasteiger charge is -2.46. The zero-order valence-electron chi connectivity index (χ0n) is 10.9. The largest absolute Gasteiger partial charge is 0.392 e. The SMILES string of the molecule is CCC(O)C(C)N1CC2CCCN2CC1C. The summed E-state index contributed by atoms with van der Waals surface area (Å²) in [5.74, 6) is 0. The van der Waals surface area contributed by atoms with Crippen LogP contribution in [0.5, 0.6) is 0 Å². The van der Waals surface area contributed by atoms with Crippen LogP contribution in [0.25, 0.3) is 0 Å². The summed E-state index contributed by atoms with van der Waals surface area (Å²) in [4.78, 5) is 5.15. The molecule has 4 unspecified atom stereocenters. The Balaban J connectivity index is 1.99. The molecule has 2 aliphatic rings. The second-order valence-corrected chi connectivity index (χ2v) is 5.55. The maximum Gasteiger partial charge on any atom is 0.0690 e. The molecule has 3 heteroatoms. The molecule has 3 nitrogen and oxygen atoms in total. The molecule has 2 saturated heterocycles. The van der Waals surface area contributed by atoms with Crippen LogP contribution in [0.15, 0.2) is 0 Å². The zero-order chi connectivity index (χ0) is 11.7. The van der Waals surface area contributed by atoms with Gasteiger partial charge in [0.25, 0.3) is 0 Å². The third-order valence-electron chi connectivity index (χ3n) is 4.48. The van der Waals surface area contributed by atoms with Gasteiger partial charge in [-0.15, -0.1) is 0 Å². The lowest BCUT2D eigenvalue weighted by molar-refractivity contribution is -0.0168. The number of hydrogen-bond donors (Lipinski definition) is 1. The molecule has 4 atom stereocenters. The summed E-state index contributed by atoms with van der Waals surface area (Å²) in [7, 11) is 0. The number of nitrogens with zero attached hydrogens (tertiary/aromatic N) is 2. The molecule has 0 aromatic heterocycles. The number of hydrogen-bond acceptors (Lipinski definition) is 3. The van der Waals surface area contributed by atoms with E-state index in [0.29, 0.717) is 12.1 Å². The summed E-state index contributed by atoms with van der Waals surface area (Å²) in [6.45, 7) is 10.2. The minimum atomic E-state index is -0.171. The van der Waals surface area contributed by atoms with Gasteiger partial charge in [-0.25, -0.2) is 0 Å². The molecule has 2 heterocycles. The number of piperazine rings is 1. The van der Waals surface area contributed by atoms with E-state index >= 15 is 0 Å². The van der Waals surface area contributed by atoms with E-state index < -0.39 is 0 Å². The lowest BCUT2D eigenvalue weighted by atomic mass is 10.0. The fraction of sp³-hybridized carbons (Fsp3) is 1.00. The fourth-order valence-electron chi connectivity index (χ4n) is 3.34. The molecule has 0 radical (unpaired) electrons. The Kier molecular flexibility index (Phi) is 3.88. The molecule has 0 aromatic rings. The number of aliphatic hydroxyl groups is 1. The van der Waals surface area contributed by atoms with Crippen LogP contribution in [-0.4, -0.2) is 58.8 Å². The van der Waals surface area contributed by atoms with E-state index in [4.69, 9.17) is 0 Å². The molecular formula is C13H26N2O. The second kappa shape index (κ2) is 5.03. The minimum Gasteiger partial charge on any atom is -0.392 e. The van der Waals surface area contributed by atoms with Crippen molar-refractivity contribution in [2.75, 3.05) is 19.6 Å². The first-order valence-corrected chi connectivity index (χ1v) is 6.81. The Labute approximate surface area is 99.4 Å². The molecule has 1 N–H and O–H groups in total. The average molecular weight is 226 g/mol. The third-order valence-corrected chi connectivity index (χ3v) is 4.48. The van der Waals surface area contributed by atoms with Gasteiger partial charge in [-0.05, 0) is 39.7 Å². The molecule has 0 saturated carbocycles. The predicted molar refractivity (Wildman–Crippen MR) is 66.5 cm³/mol. The van der Waals surface area contributed by atoms with Crippen LogP contribution in [0, 0.1) is 0 Å². The molecule has 0 bridgehead atoms. The highest BCUT2D eigenvalue weighted by molar-refractivity contribution is 4.93. The molecule has 2 fully saturated rings. The Bertz CT molecular complexity index is 234. The van der Waals surface area contributed by atoms with Crippen LogP contribution < -0.4 is 0 Å². The number of fused-ring (bicyclic) bond motifs is 1. The Morgan fingerprint density at radius 3 is 2.81 bits per heavy atom. The quantitative estimate of drug-likeness (QED) is 0.786. The van der Waals surface area contributed by atoms with Gasteiger partial charge in [-0.1, -0.05) is 6.92 Å². The van der Waals surface area contributed by atoms with E-state index in [1.165, 1.54) is 25.9 Å². The standard InChI is InChI=1S/C13H26N2O/c1-4-13(16)11(3)15-9-12-6-5-7-14(12)8-10(15)2/h10-13,16H,4-9H2,1-3H3. The van der Waals surface area contributed by atoms with Gasteiger partial charge in [0.1, 0.15) is 0 Å². The van der Waals surface area contributed by atoms with Crippen LogP contribution in [0.3, 0.4) is 0 Å². The van der Waals surface area contributed by atoms with Crippen LogP contribution in [0.4, 0.5) is 0 Å². The Morgan fingerprint density at radius 1 is 1.38 bits per heavy atom. The van der Waals surface area contributed by atoms with Crippen molar-refractivity contribution in [2.45, 2.75) is 64.3 Å². The summed E-state index contributed by atoms with van der Waals surface area (Å²) < 4.78 is 0. The molecule has 0 amide bonds. The summed E-state index contributed by atoms with van der Waals surface area (Å²) in [5, 5.41) is 9.98. The fourth-order valence-corrected chi connectivity index (χ4v) is 3.34. The van der Waals surface area contributed by atoms with Crippen molar-refractivity contribution in [1.29, 1.82) is 0 Å². The van der Waals surface area contributed by atoms with Crippen LogP contribution in [0.2, 0.25) is 0 Å². The van der Waals surface area contributed by atoms with Gasteiger partial charge in [0.2, 0.25) is 0 Å². The van der Waals surface area contributed by atoms with Crippen molar-refractivity contribution in [1.82, 2.24) is 9.80 Å². The van der Waals surface area contributed by atoms with E-state index in [1.54, 1.807) is 0 Å². The van der Waals surface area contributed by atoms with Crippen molar-refractivity contribution in [3.63, 3.8) is 0 Å². The smallest absolute Gasteiger partial charge is 0.0690 e. The molecule has 2 rings (SSSR count). The van der Waals surface area contributed by atoms with E-state index in [2.05, 4.69) is 30.6 Å². The predicted octanol–water partition coefficient (Wildman–Crippen LogP) is 1.31. The van der Waals surface area contributed by atoms with E-state index in [1.807, 2.05) is 0 Å². The molecular weight excluding hydrogens is 200 g/mol. The van der Waals surface area contributed by atoms with Gasteiger partial charge in [-0.2, -0.15) is 0 Å². The van der Waals surface area contributed by atoms with Crippen molar-refractivity contribution in [2.24, 2.45) is 0 Å². The van der Waals surface area contributed by atoms with Gasteiger partial charge < -0.3 is 5.11 Å². The monoisotopic (exact) mass is 226 g/mol. The van der Waals surface area contributed by atoms with Crippen LogP contribution in [0.1, 0.15) is 40.0 Å². The number of aliphatic hydroxyl groups excluding tert-OH is 1. The van der Waals surface area contributed by atoms with Crippen molar-refractivity contribution >= 4 is 0 Å². The highest BCUT2D eigenvalue weighted by Crippen LogP contribution is 2.26. The lowest BCUT2D eigenvalue weighted by Crippen LogP contribution is -2.59. The Morgan fingerprint density at radius 2 is 2.12 bits per heavy atom. The molecule has 94 valence electrons. The van der Waals surface area contributed by atoms with Gasteiger partial charge in [-0.3, -0.25) is 9.80 Å². The molecule has 2 aliphatic heterocycles. The van der Waals surface area contributed by atoms with Crippen molar-refractivity contribution in [3.05, 3.63) is 0 Å². The van der Waals surface area contributed by atoms with E-state index in [-0.39, 0.29) is 6.10 Å². The first kappa shape index (κ1) is 12.3. The highest BCUT2D eigenvalue weighted by atomic mass is 16.3. The number of rotatable bonds is 3. The van der Waals surface area contributed by atoms with Gasteiger partial charge in [0.05, 0.1) is 6.10 Å². The maximum absolute atomic E-state index is 9.98. The Hall–Kier alpha value is -0.120. The minimum absolute atomic E-state index is 0.171. The summed E-state index contributed by atoms with van der Waals surface area (Å²) in [5.41, 5.74) is 0. The normalized spacial score (nSPS) is 36.0. The first-order valence-electron chi connectivity index (χ1n) is 6.81. The molecule has 0 aliphatic carbocycles. The topological polar surface area (TPSA) is 26.7 Å². The maximum atomic E-state index is 9.98. The summed E-state index contributed by atoms with van der Waals surface area (Å²) in [6, 6.07) is 1.65. The molecule has 0 spiro atoms. The van der Waals surface area contributed by atoms with Crippen molar-refractivity contribution in [3.8, 4) is 0 Å².